The summed E-state index contributed by atoms with van der Waals surface area (Å²) in [4.78, 5) is 43.4. The standard InChI is InChI=1S/C37H49N5O7S/c1-23-24(2)32(25(3)28-16-18-37(7,8)48-31(23)28)50(46,47)41-35(38)39-19-12-15-29(34(45)49-36(4,5)6)40-33(44)27-17-20-42(30(43)21-27)22-26-13-10-9-11-14-26/h9-11,13-14,17,20-21,29H,12,15-16,18-19,22H2,1-8H3,(H,40,44)(H3,38,39,41)/t29-/m0/s1. The van der Waals surface area contributed by atoms with Gasteiger partial charge in [-0.1, -0.05) is 30.3 Å². The second-order valence-corrected chi connectivity index (χ2v) is 15.9. The summed E-state index contributed by atoms with van der Waals surface area (Å²) in [5.74, 6) is -0.830. The Labute approximate surface area is 294 Å². The van der Waals surface area contributed by atoms with Crippen LogP contribution in [0.25, 0.3) is 0 Å². The summed E-state index contributed by atoms with van der Waals surface area (Å²) >= 11 is 0. The van der Waals surface area contributed by atoms with Gasteiger partial charge in [0.25, 0.3) is 21.5 Å². The first-order chi connectivity index (χ1) is 23.3. The molecule has 0 bridgehead atoms. The number of nitrogens with two attached hydrogens (primary N) is 1. The van der Waals surface area contributed by atoms with Gasteiger partial charge in [0.1, 0.15) is 23.0 Å². The van der Waals surface area contributed by atoms with Crippen LogP contribution in [0.2, 0.25) is 0 Å². The van der Waals surface area contributed by atoms with E-state index in [1.165, 1.54) is 22.9 Å². The predicted octanol–water partition coefficient (Wildman–Crippen LogP) is 4.44. The molecule has 1 aliphatic rings. The number of nitrogens with one attached hydrogen (secondary N) is 2. The fourth-order valence-corrected chi connectivity index (χ4v) is 7.41. The zero-order valence-corrected chi connectivity index (χ0v) is 31.0. The van der Waals surface area contributed by atoms with Crippen molar-refractivity contribution in [3.05, 3.63) is 92.4 Å². The Balaban J connectivity index is 1.43. The van der Waals surface area contributed by atoms with E-state index in [2.05, 4.69) is 15.0 Å². The third kappa shape index (κ3) is 9.52. The molecule has 0 saturated heterocycles. The minimum Gasteiger partial charge on any atom is -0.487 e. The molecule has 0 fully saturated rings. The largest absolute Gasteiger partial charge is 0.487 e. The molecule has 1 aromatic heterocycles. The van der Waals surface area contributed by atoms with Gasteiger partial charge in [-0.25, -0.2) is 17.9 Å². The number of esters is 1. The molecule has 0 aliphatic carbocycles. The van der Waals surface area contributed by atoms with Gasteiger partial charge in [0.2, 0.25) is 5.96 Å². The van der Waals surface area contributed by atoms with Gasteiger partial charge in [-0.15, -0.1) is 0 Å². The lowest BCUT2D eigenvalue weighted by Gasteiger charge is -2.35. The van der Waals surface area contributed by atoms with Crippen LogP contribution >= 0.6 is 0 Å². The van der Waals surface area contributed by atoms with Gasteiger partial charge in [-0.05, 0) is 115 Å². The number of nitrogens with zero attached hydrogens (tertiary/aromatic N) is 2. The molecule has 1 aliphatic heterocycles. The first-order valence-corrected chi connectivity index (χ1v) is 18.2. The Morgan fingerprint density at radius 2 is 1.76 bits per heavy atom. The number of ether oxygens (including phenoxy) is 2. The maximum Gasteiger partial charge on any atom is 0.329 e. The average molecular weight is 708 g/mol. The number of hydrogen-bond donors (Lipinski definition) is 3. The highest BCUT2D eigenvalue weighted by Crippen LogP contribution is 2.42. The maximum absolute atomic E-state index is 13.6. The number of benzene rings is 2. The van der Waals surface area contributed by atoms with E-state index in [1.807, 2.05) is 51.1 Å². The van der Waals surface area contributed by atoms with Crippen LogP contribution in [0.3, 0.4) is 0 Å². The van der Waals surface area contributed by atoms with Crippen LogP contribution in [-0.4, -0.2) is 54.6 Å². The van der Waals surface area contributed by atoms with Gasteiger partial charge in [0.15, 0.2) is 0 Å². The van der Waals surface area contributed by atoms with Crippen molar-refractivity contribution in [2.75, 3.05) is 6.54 Å². The number of carbonyl (C=O) groups excluding carboxylic acids is 2. The second-order valence-electron chi connectivity index (χ2n) is 14.3. The molecular weight excluding hydrogens is 659 g/mol. The Kier molecular flexibility index (Phi) is 11.5. The van der Waals surface area contributed by atoms with Crippen LogP contribution in [0.1, 0.15) is 92.1 Å². The summed E-state index contributed by atoms with van der Waals surface area (Å²) in [5.41, 5.74) is 8.38. The van der Waals surface area contributed by atoms with Crippen LogP contribution in [-0.2, 0) is 32.5 Å². The van der Waals surface area contributed by atoms with Gasteiger partial charge < -0.3 is 25.1 Å². The van der Waals surface area contributed by atoms with Crippen LogP contribution in [0, 0.1) is 20.8 Å². The Hall–Kier alpha value is -4.65. The molecule has 4 N–H and O–H groups in total. The normalized spacial score (nSPS) is 15.0. The third-order valence-corrected chi connectivity index (χ3v) is 10.2. The fourth-order valence-electron chi connectivity index (χ4n) is 5.89. The Morgan fingerprint density at radius 1 is 1.08 bits per heavy atom. The minimum atomic E-state index is -4.08. The van der Waals surface area contributed by atoms with Gasteiger partial charge >= 0.3 is 5.97 Å². The summed E-state index contributed by atoms with van der Waals surface area (Å²) in [7, 11) is -4.08. The van der Waals surface area contributed by atoms with E-state index in [1.54, 1.807) is 34.6 Å². The fraction of sp³-hybridized carbons (Fsp3) is 0.459. The molecule has 4 rings (SSSR count). The zero-order chi connectivity index (χ0) is 37.0. The smallest absolute Gasteiger partial charge is 0.329 e. The quantitative estimate of drug-likeness (QED) is 0.114. The van der Waals surface area contributed by atoms with Crippen molar-refractivity contribution >= 4 is 27.9 Å². The van der Waals surface area contributed by atoms with Gasteiger partial charge in [-0.3, -0.25) is 14.6 Å². The molecule has 13 heteroatoms. The molecule has 0 saturated carbocycles. The van der Waals surface area contributed by atoms with E-state index in [0.29, 0.717) is 24.1 Å². The van der Waals surface area contributed by atoms with Crippen LogP contribution in [0.4, 0.5) is 0 Å². The summed E-state index contributed by atoms with van der Waals surface area (Å²) in [6.45, 7) is 15.0. The molecule has 1 amide bonds. The van der Waals surface area contributed by atoms with Gasteiger partial charge in [-0.2, -0.15) is 0 Å². The average Bonchev–Trinajstić information content (AvgIpc) is 3.01. The number of sulfonamides is 1. The molecule has 1 atom stereocenters. The molecule has 2 heterocycles. The van der Waals surface area contributed by atoms with Crippen molar-refractivity contribution in [3.8, 4) is 5.75 Å². The van der Waals surface area contributed by atoms with Crippen LogP contribution in [0.5, 0.6) is 5.75 Å². The highest BCUT2D eigenvalue weighted by molar-refractivity contribution is 7.90. The van der Waals surface area contributed by atoms with Crippen molar-refractivity contribution in [2.45, 2.75) is 110 Å². The van der Waals surface area contributed by atoms with Crippen LogP contribution < -0.4 is 26.1 Å². The number of pyridine rings is 1. The number of aromatic nitrogens is 1. The molecule has 0 radical (unpaired) electrons. The first-order valence-electron chi connectivity index (χ1n) is 16.7. The molecule has 0 unspecified atom stereocenters. The minimum absolute atomic E-state index is 0.0587. The summed E-state index contributed by atoms with van der Waals surface area (Å²) in [6.07, 6.45) is 3.36. The van der Waals surface area contributed by atoms with E-state index in [-0.39, 0.29) is 47.0 Å². The lowest BCUT2D eigenvalue weighted by atomic mass is 9.88. The number of carbonyl (C=O) groups is 2. The molecule has 50 heavy (non-hydrogen) atoms. The van der Waals surface area contributed by atoms with Gasteiger partial charge in [0, 0.05) is 24.4 Å². The summed E-state index contributed by atoms with van der Waals surface area (Å²) in [6, 6.07) is 11.1. The second kappa shape index (κ2) is 15.1. The molecular formula is C37H49N5O7S. The lowest BCUT2D eigenvalue weighted by molar-refractivity contribution is -0.157. The van der Waals surface area contributed by atoms with Gasteiger partial charge in [0.05, 0.1) is 11.4 Å². The Morgan fingerprint density at radius 3 is 2.40 bits per heavy atom. The van der Waals surface area contributed by atoms with Crippen molar-refractivity contribution < 1.29 is 27.5 Å². The van der Waals surface area contributed by atoms with Crippen LogP contribution in [0.15, 0.2) is 63.3 Å². The number of fused-ring (bicyclic) bond motifs is 1. The van der Waals surface area contributed by atoms with E-state index in [9.17, 15) is 22.8 Å². The third-order valence-electron chi connectivity index (χ3n) is 8.56. The number of guanidine groups is 1. The Bertz CT molecular complexity index is 1940. The van der Waals surface area contributed by atoms with E-state index >= 15 is 0 Å². The first kappa shape index (κ1) is 38.2. The number of hydrogen-bond acceptors (Lipinski definition) is 8. The molecule has 0 spiro atoms. The topological polar surface area (TPSA) is 171 Å². The van der Waals surface area contributed by atoms with Crippen molar-refractivity contribution in [1.29, 1.82) is 0 Å². The maximum atomic E-state index is 13.6. The number of aliphatic imine (C=N–C) groups is 1. The van der Waals surface area contributed by atoms with E-state index in [0.717, 1.165) is 28.9 Å². The highest BCUT2D eigenvalue weighted by atomic mass is 32.2. The predicted molar refractivity (Wildman–Crippen MR) is 193 cm³/mol. The monoisotopic (exact) mass is 707 g/mol. The summed E-state index contributed by atoms with van der Waals surface area (Å²) < 4.78 is 42.8. The van der Waals surface area contributed by atoms with E-state index in [4.69, 9.17) is 15.2 Å². The van der Waals surface area contributed by atoms with E-state index < -0.39 is 33.5 Å². The summed E-state index contributed by atoms with van der Waals surface area (Å²) in [5, 5.41) is 2.68. The number of rotatable bonds is 11. The molecule has 3 aromatic rings. The zero-order valence-electron chi connectivity index (χ0n) is 30.2. The highest BCUT2D eigenvalue weighted by Gasteiger charge is 2.34. The SMILES string of the molecule is Cc1c(C)c(S(=O)(=O)NC(N)=NCCC[C@H](NC(=O)c2ccn(Cc3ccccc3)c(=O)c2)C(=O)OC(C)(C)C)c(C)c2c1OC(C)(C)CC2. The van der Waals surface area contributed by atoms with Crippen molar-refractivity contribution in [2.24, 2.45) is 10.7 Å². The molecule has 2 aromatic carbocycles. The van der Waals surface area contributed by atoms with Crippen molar-refractivity contribution in [1.82, 2.24) is 14.6 Å². The number of amides is 1. The molecule has 12 nitrogen and oxygen atoms in total. The molecule has 270 valence electrons. The lowest BCUT2D eigenvalue weighted by Crippen LogP contribution is -2.44. The van der Waals surface area contributed by atoms with Crippen molar-refractivity contribution in [3.63, 3.8) is 0 Å².